The summed E-state index contributed by atoms with van der Waals surface area (Å²) in [6, 6.07) is 5.66. The number of nitrogens with zero attached hydrogens (tertiary/aromatic N) is 4. The predicted molar refractivity (Wildman–Crippen MR) is 99.6 cm³/mol. The van der Waals surface area contributed by atoms with E-state index in [-0.39, 0.29) is 5.91 Å². The lowest BCUT2D eigenvalue weighted by Crippen LogP contribution is -2.30. The lowest BCUT2D eigenvalue weighted by atomic mass is 10.1. The van der Waals surface area contributed by atoms with E-state index >= 15 is 0 Å². The smallest absolute Gasteiger partial charge is 0.272 e. The van der Waals surface area contributed by atoms with Crippen LogP contribution in [0.3, 0.4) is 0 Å². The first-order chi connectivity index (χ1) is 12.0. The average Bonchev–Trinajstić information content (AvgIpc) is 2.59. The highest BCUT2D eigenvalue weighted by Crippen LogP contribution is 2.09. The van der Waals surface area contributed by atoms with Gasteiger partial charge in [-0.15, -0.1) is 0 Å². The second-order valence-electron chi connectivity index (χ2n) is 6.66. The maximum Gasteiger partial charge on any atom is 0.272 e. The van der Waals surface area contributed by atoms with Gasteiger partial charge in [0, 0.05) is 38.2 Å². The molecule has 0 atom stereocenters. The summed E-state index contributed by atoms with van der Waals surface area (Å²) in [6.07, 6.45) is 5.35. The van der Waals surface area contributed by atoms with Crippen molar-refractivity contribution in [2.24, 2.45) is 5.92 Å². The molecule has 0 aliphatic heterocycles. The molecule has 0 saturated heterocycles. The Kier molecular flexibility index (Phi) is 6.86. The number of nitrogens with one attached hydrogen (secondary N) is 1. The Bertz CT molecular complexity index is 687. The number of anilines is 1. The van der Waals surface area contributed by atoms with Gasteiger partial charge in [0.1, 0.15) is 5.69 Å². The van der Waals surface area contributed by atoms with Crippen LogP contribution in [0.5, 0.6) is 0 Å². The highest BCUT2D eigenvalue weighted by atomic mass is 16.2. The molecule has 6 heteroatoms. The molecule has 2 aromatic rings. The lowest BCUT2D eigenvalue weighted by molar-refractivity contribution is 0.0790. The van der Waals surface area contributed by atoms with E-state index in [0.29, 0.717) is 24.1 Å². The Morgan fingerprint density at radius 1 is 1.24 bits per heavy atom. The van der Waals surface area contributed by atoms with Crippen LogP contribution in [0.4, 0.5) is 5.95 Å². The minimum Gasteiger partial charge on any atom is -0.354 e. The largest absolute Gasteiger partial charge is 0.354 e. The summed E-state index contributed by atoms with van der Waals surface area (Å²) in [5.41, 5.74) is 2.37. The number of hydrogen-bond acceptors (Lipinski definition) is 5. The number of pyridine rings is 1. The van der Waals surface area contributed by atoms with E-state index in [9.17, 15) is 4.79 Å². The molecule has 2 rings (SSSR count). The minimum atomic E-state index is -0.0912. The molecule has 0 spiro atoms. The second kappa shape index (κ2) is 9.11. The van der Waals surface area contributed by atoms with Crippen LogP contribution in [0.25, 0.3) is 0 Å². The number of likely N-dealkylation sites (N-methyl/N-ethyl adjacent to an activating group) is 1. The SMILES string of the molecule is Cc1cc(C(=O)N(C)CCc2ccncc2)nc(NCCC(C)C)n1. The molecule has 2 aromatic heterocycles. The Hall–Kier alpha value is -2.50. The number of amides is 1. The summed E-state index contributed by atoms with van der Waals surface area (Å²) in [5.74, 6) is 1.04. The molecule has 6 nitrogen and oxygen atoms in total. The topological polar surface area (TPSA) is 71.0 Å². The van der Waals surface area contributed by atoms with Gasteiger partial charge in [0.2, 0.25) is 5.95 Å². The molecule has 134 valence electrons. The molecule has 0 fully saturated rings. The van der Waals surface area contributed by atoms with Crippen LogP contribution in [0.15, 0.2) is 30.6 Å². The van der Waals surface area contributed by atoms with Gasteiger partial charge in [-0.25, -0.2) is 9.97 Å². The first-order valence-electron chi connectivity index (χ1n) is 8.69. The van der Waals surface area contributed by atoms with Gasteiger partial charge in [-0.05, 0) is 49.4 Å². The zero-order valence-corrected chi connectivity index (χ0v) is 15.5. The standard InChI is InChI=1S/C19H27N5O/c1-14(2)5-11-21-19-22-15(3)13-17(23-19)18(25)24(4)12-8-16-6-9-20-10-7-16/h6-7,9-10,13-14H,5,8,11-12H2,1-4H3,(H,21,22,23). The minimum absolute atomic E-state index is 0.0912. The van der Waals surface area contributed by atoms with Gasteiger partial charge in [-0.1, -0.05) is 13.8 Å². The summed E-state index contributed by atoms with van der Waals surface area (Å²) in [7, 11) is 1.80. The molecule has 0 radical (unpaired) electrons. The third-order valence-electron chi connectivity index (χ3n) is 3.91. The molecule has 25 heavy (non-hydrogen) atoms. The summed E-state index contributed by atoms with van der Waals surface area (Å²) < 4.78 is 0. The van der Waals surface area contributed by atoms with Crippen LogP contribution in [0.2, 0.25) is 0 Å². The first kappa shape index (κ1) is 18.8. The van der Waals surface area contributed by atoms with Crippen molar-refractivity contribution in [1.82, 2.24) is 19.9 Å². The van der Waals surface area contributed by atoms with Crippen LogP contribution in [-0.2, 0) is 6.42 Å². The molecule has 0 aliphatic rings. The van der Waals surface area contributed by atoms with Crippen molar-refractivity contribution in [3.63, 3.8) is 0 Å². The quantitative estimate of drug-likeness (QED) is 0.799. The van der Waals surface area contributed by atoms with Gasteiger partial charge in [0.05, 0.1) is 0 Å². The Morgan fingerprint density at radius 3 is 2.64 bits per heavy atom. The Labute approximate surface area is 149 Å². The van der Waals surface area contributed by atoms with Crippen molar-refractivity contribution < 1.29 is 4.79 Å². The average molecular weight is 341 g/mol. The number of aromatic nitrogens is 3. The normalized spacial score (nSPS) is 10.8. The van der Waals surface area contributed by atoms with Crippen molar-refractivity contribution >= 4 is 11.9 Å². The van der Waals surface area contributed by atoms with Gasteiger partial charge >= 0.3 is 0 Å². The maximum absolute atomic E-state index is 12.6. The van der Waals surface area contributed by atoms with E-state index in [1.807, 2.05) is 19.1 Å². The van der Waals surface area contributed by atoms with Crippen molar-refractivity contribution in [1.29, 1.82) is 0 Å². The monoisotopic (exact) mass is 341 g/mol. The molecular weight excluding hydrogens is 314 g/mol. The third-order valence-corrected chi connectivity index (χ3v) is 3.91. The fourth-order valence-corrected chi connectivity index (χ4v) is 2.37. The fourth-order valence-electron chi connectivity index (χ4n) is 2.37. The van der Waals surface area contributed by atoms with Crippen LogP contribution in [0, 0.1) is 12.8 Å². The Morgan fingerprint density at radius 2 is 1.96 bits per heavy atom. The highest BCUT2D eigenvalue weighted by molar-refractivity contribution is 5.92. The van der Waals surface area contributed by atoms with Crippen molar-refractivity contribution in [3.05, 3.63) is 47.5 Å². The van der Waals surface area contributed by atoms with Crippen LogP contribution in [0.1, 0.15) is 42.0 Å². The van der Waals surface area contributed by atoms with Crippen LogP contribution < -0.4 is 5.32 Å². The van der Waals surface area contributed by atoms with Crippen molar-refractivity contribution in [2.45, 2.75) is 33.6 Å². The summed E-state index contributed by atoms with van der Waals surface area (Å²) in [4.78, 5) is 27.1. The van der Waals surface area contributed by atoms with Crippen molar-refractivity contribution in [3.8, 4) is 0 Å². The van der Waals surface area contributed by atoms with Crippen LogP contribution in [-0.4, -0.2) is 45.9 Å². The molecule has 0 aromatic carbocycles. The van der Waals surface area contributed by atoms with Crippen molar-refractivity contribution in [2.75, 3.05) is 25.5 Å². The molecule has 2 heterocycles. The van der Waals surface area contributed by atoms with E-state index in [1.54, 1.807) is 30.4 Å². The molecule has 1 N–H and O–H groups in total. The number of hydrogen-bond donors (Lipinski definition) is 1. The van der Waals surface area contributed by atoms with E-state index in [1.165, 1.54) is 0 Å². The number of carbonyl (C=O) groups excluding carboxylic acids is 1. The van der Waals surface area contributed by atoms with E-state index in [4.69, 9.17) is 0 Å². The fraction of sp³-hybridized carbons (Fsp3) is 0.474. The molecule has 0 saturated carbocycles. The van der Waals surface area contributed by atoms with Crippen LogP contribution >= 0.6 is 0 Å². The highest BCUT2D eigenvalue weighted by Gasteiger charge is 2.15. The molecule has 0 bridgehead atoms. The number of carbonyl (C=O) groups is 1. The van der Waals surface area contributed by atoms with Gasteiger partial charge in [-0.3, -0.25) is 9.78 Å². The maximum atomic E-state index is 12.6. The summed E-state index contributed by atoms with van der Waals surface area (Å²) in [5, 5.41) is 3.21. The van der Waals surface area contributed by atoms with Gasteiger partial charge in [0.15, 0.2) is 0 Å². The molecule has 0 unspecified atom stereocenters. The lowest BCUT2D eigenvalue weighted by Gasteiger charge is -2.17. The Balaban J connectivity index is 1.98. The van der Waals surface area contributed by atoms with E-state index < -0.39 is 0 Å². The predicted octanol–water partition coefficient (Wildman–Crippen LogP) is 2.95. The zero-order chi connectivity index (χ0) is 18.2. The van der Waals surface area contributed by atoms with Gasteiger partial charge in [0.25, 0.3) is 5.91 Å². The van der Waals surface area contributed by atoms with E-state index in [0.717, 1.165) is 30.6 Å². The van der Waals surface area contributed by atoms with E-state index in [2.05, 4.69) is 34.1 Å². The summed E-state index contributed by atoms with van der Waals surface area (Å²) in [6.45, 7) is 7.65. The summed E-state index contributed by atoms with van der Waals surface area (Å²) >= 11 is 0. The van der Waals surface area contributed by atoms with Gasteiger partial charge in [-0.2, -0.15) is 0 Å². The first-order valence-corrected chi connectivity index (χ1v) is 8.69. The zero-order valence-electron chi connectivity index (χ0n) is 15.5. The second-order valence-corrected chi connectivity index (χ2v) is 6.66. The molecular formula is C19H27N5O. The number of rotatable bonds is 8. The number of aryl methyl sites for hydroxylation is 1. The van der Waals surface area contributed by atoms with Gasteiger partial charge < -0.3 is 10.2 Å². The third kappa shape index (κ3) is 6.14. The molecule has 1 amide bonds. The molecule has 0 aliphatic carbocycles.